The van der Waals surface area contributed by atoms with Crippen LogP contribution in [0.15, 0.2) is 0 Å². The Bertz CT molecular complexity index is 165. The van der Waals surface area contributed by atoms with Crippen molar-refractivity contribution in [1.29, 1.82) is 0 Å². The zero-order valence-corrected chi connectivity index (χ0v) is 5.70. The van der Waals surface area contributed by atoms with E-state index in [0.717, 1.165) is 17.8 Å². The van der Waals surface area contributed by atoms with Crippen molar-refractivity contribution in [2.75, 3.05) is 0 Å². The minimum atomic E-state index is 0.141. The summed E-state index contributed by atoms with van der Waals surface area (Å²) in [5, 5.41) is 2.67. The SMILES string of the molecule is O=C1NC(=S)C2CC1C2. The van der Waals surface area contributed by atoms with Crippen LogP contribution < -0.4 is 5.32 Å². The molecule has 2 heterocycles. The maximum atomic E-state index is 10.8. The van der Waals surface area contributed by atoms with Crippen LogP contribution in [0, 0.1) is 11.8 Å². The second-order valence-electron chi connectivity index (χ2n) is 2.72. The second kappa shape index (κ2) is 1.53. The summed E-state index contributed by atoms with van der Waals surface area (Å²) < 4.78 is 0. The van der Waals surface area contributed by atoms with Crippen LogP contribution in [0.5, 0.6) is 0 Å². The number of nitrogens with one attached hydrogen (secondary N) is 1. The minimum absolute atomic E-state index is 0.141. The van der Waals surface area contributed by atoms with Gasteiger partial charge in [0.25, 0.3) is 0 Å². The zero-order chi connectivity index (χ0) is 6.43. The summed E-state index contributed by atoms with van der Waals surface area (Å²) in [6.07, 6.45) is 2.01. The molecule has 1 saturated carbocycles. The van der Waals surface area contributed by atoms with E-state index in [2.05, 4.69) is 5.32 Å². The number of carbonyl (C=O) groups is 1. The Morgan fingerprint density at radius 3 is 2.44 bits per heavy atom. The number of thiocarbonyl (C=S) groups is 1. The normalized spacial score (nSPS) is 39.6. The monoisotopic (exact) mass is 141 g/mol. The van der Waals surface area contributed by atoms with Gasteiger partial charge >= 0.3 is 0 Å². The summed E-state index contributed by atoms with van der Waals surface area (Å²) in [5.74, 6) is 0.965. The maximum absolute atomic E-state index is 10.8. The Morgan fingerprint density at radius 2 is 2.11 bits per heavy atom. The van der Waals surface area contributed by atoms with Crippen LogP contribution in [-0.4, -0.2) is 10.9 Å². The smallest absolute Gasteiger partial charge is 0.227 e. The molecule has 0 atom stereocenters. The summed E-state index contributed by atoms with van der Waals surface area (Å²) in [6, 6.07) is 0. The molecule has 2 nitrogen and oxygen atoms in total. The third kappa shape index (κ3) is 0.611. The van der Waals surface area contributed by atoms with Crippen molar-refractivity contribution in [2.24, 2.45) is 11.8 Å². The Kier molecular flexibility index (Phi) is 0.913. The van der Waals surface area contributed by atoms with Crippen LogP contribution >= 0.6 is 12.2 Å². The standard InChI is InChI=1S/C6H7NOS/c8-5-3-1-4(2-3)6(9)7-5/h3-4H,1-2H2,(H,7,8,9). The lowest BCUT2D eigenvalue weighted by Gasteiger charge is -2.40. The van der Waals surface area contributed by atoms with E-state index in [1.54, 1.807) is 0 Å². The molecule has 1 amide bonds. The third-order valence-corrected chi connectivity index (χ3v) is 2.56. The molecule has 2 saturated heterocycles. The Labute approximate surface area is 58.6 Å². The number of piperidine rings is 2. The van der Waals surface area contributed by atoms with Crippen molar-refractivity contribution in [1.82, 2.24) is 5.32 Å². The molecule has 3 aliphatic rings. The van der Waals surface area contributed by atoms with E-state index in [1.165, 1.54) is 0 Å². The first-order valence-electron chi connectivity index (χ1n) is 3.12. The van der Waals surface area contributed by atoms with Gasteiger partial charge in [0.15, 0.2) is 0 Å². The van der Waals surface area contributed by atoms with Gasteiger partial charge in [-0.25, -0.2) is 0 Å². The summed E-state index contributed by atoms with van der Waals surface area (Å²) >= 11 is 4.91. The van der Waals surface area contributed by atoms with Gasteiger partial charge in [-0.05, 0) is 12.8 Å². The molecule has 0 spiro atoms. The molecule has 0 unspecified atom stereocenters. The molecule has 9 heavy (non-hydrogen) atoms. The first-order chi connectivity index (χ1) is 4.27. The lowest BCUT2D eigenvalue weighted by Crippen LogP contribution is -2.53. The fourth-order valence-electron chi connectivity index (χ4n) is 1.37. The van der Waals surface area contributed by atoms with Crippen molar-refractivity contribution >= 4 is 23.1 Å². The molecule has 2 aliphatic heterocycles. The number of fused-ring (bicyclic) bond motifs is 2. The number of carbonyl (C=O) groups excluding carboxylic acids is 1. The van der Waals surface area contributed by atoms with Gasteiger partial charge in [0.2, 0.25) is 5.91 Å². The second-order valence-corrected chi connectivity index (χ2v) is 3.16. The average Bonchev–Trinajstić information content (AvgIpc) is 1.57. The van der Waals surface area contributed by atoms with Gasteiger partial charge in [-0.1, -0.05) is 12.2 Å². The van der Waals surface area contributed by atoms with Gasteiger partial charge in [-0.2, -0.15) is 0 Å². The Hall–Kier alpha value is -0.440. The first kappa shape index (κ1) is 5.35. The van der Waals surface area contributed by atoms with Crippen LogP contribution in [0.4, 0.5) is 0 Å². The molecule has 3 rings (SSSR count). The highest BCUT2D eigenvalue weighted by Crippen LogP contribution is 2.37. The Morgan fingerprint density at radius 1 is 1.44 bits per heavy atom. The van der Waals surface area contributed by atoms with Gasteiger partial charge in [-0.3, -0.25) is 4.79 Å². The van der Waals surface area contributed by atoms with Gasteiger partial charge in [-0.15, -0.1) is 0 Å². The summed E-state index contributed by atoms with van der Waals surface area (Å²) in [4.78, 5) is 11.6. The molecular formula is C6H7NOS. The van der Waals surface area contributed by atoms with Crippen molar-refractivity contribution in [3.63, 3.8) is 0 Å². The number of rotatable bonds is 0. The predicted molar refractivity (Wildman–Crippen MR) is 37.0 cm³/mol. The van der Waals surface area contributed by atoms with E-state index in [0.29, 0.717) is 11.8 Å². The predicted octanol–water partition coefficient (Wildman–Crippen LogP) is 0.470. The van der Waals surface area contributed by atoms with Gasteiger partial charge in [0.05, 0.1) is 4.99 Å². The molecule has 0 aromatic rings. The van der Waals surface area contributed by atoms with E-state index >= 15 is 0 Å². The van der Waals surface area contributed by atoms with Crippen molar-refractivity contribution < 1.29 is 4.79 Å². The molecule has 3 heteroatoms. The van der Waals surface area contributed by atoms with E-state index in [-0.39, 0.29) is 5.91 Å². The quantitative estimate of drug-likeness (QED) is 0.497. The van der Waals surface area contributed by atoms with Crippen LogP contribution in [0.25, 0.3) is 0 Å². The van der Waals surface area contributed by atoms with E-state index in [1.807, 2.05) is 0 Å². The van der Waals surface area contributed by atoms with Crippen LogP contribution in [0.2, 0.25) is 0 Å². The number of hydrogen-bond acceptors (Lipinski definition) is 2. The Balaban J connectivity index is 2.21. The molecular weight excluding hydrogens is 134 g/mol. The zero-order valence-electron chi connectivity index (χ0n) is 4.89. The van der Waals surface area contributed by atoms with Gasteiger partial charge < -0.3 is 5.32 Å². The molecule has 48 valence electrons. The lowest BCUT2D eigenvalue weighted by molar-refractivity contribution is -0.128. The number of hydrogen-bond donors (Lipinski definition) is 1. The third-order valence-electron chi connectivity index (χ3n) is 2.13. The minimum Gasteiger partial charge on any atom is -0.320 e. The van der Waals surface area contributed by atoms with Gasteiger partial charge in [0.1, 0.15) is 0 Å². The molecule has 0 aromatic heterocycles. The fraction of sp³-hybridized carbons (Fsp3) is 0.667. The highest BCUT2D eigenvalue weighted by atomic mass is 32.1. The summed E-state index contributed by atoms with van der Waals surface area (Å²) in [6.45, 7) is 0. The van der Waals surface area contributed by atoms with Crippen LogP contribution in [0.3, 0.4) is 0 Å². The lowest BCUT2D eigenvalue weighted by atomic mass is 9.71. The summed E-state index contributed by atoms with van der Waals surface area (Å²) in [5.41, 5.74) is 0. The van der Waals surface area contributed by atoms with E-state index in [9.17, 15) is 4.79 Å². The molecule has 1 aliphatic carbocycles. The fourth-order valence-corrected chi connectivity index (χ4v) is 1.66. The van der Waals surface area contributed by atoms with Crippen molar-refractivity contribution in [3.05, 3.63) is 0 Å². The van der Waals surface area contributed by atoms with Crippen LogP contribution in [0.1, 0.15) is 12.8 Å². The first-order valence-corrected chi connectivity index (χ1v) is 3.53. The highest BCUT2D eigenvalue weighted by Gasteiger charge is 2.42. The topological polar surface area (TPSA) is 29.1 Å². The van der Waals surface area contributed by atoms with Gasteiger partial charge in [0, 0.05) is 11.8 Å². The molecule has 3 fully saturated rings. The van der Waals surface area contributed by atoms with E-state index < -0.39 is 0 Å². The molecule has 0 aromatic carbocycles. The average molecular weight is 141 g/mol. The van der Waals surface area contributed by atoms with Crippen LogP contribution in [-0.2, 0) is 4.79 Å². The maximum Gasteiger partial charge on any atom is 0.227 e. The largest absolute Gasteiger partial charge is 0.320 e. The van der Waals surface area contributed by atoms with E-state index in [4.69, 9.17) is 12.2 Å². The molecule has 1 N–H and O–H groups in total. The van der Waals surface area contributed by atoms with Crippen molar-refractivity contribution in [3.8, 4) is 0 Å². The molecule has 0 radical (unpaired) electrons. The van der Waals surface area contributed by atoms with Crippen molar-refractivity contribution in [2.45, 2.75) is 12.8 Å². The number of amides is 1. The molecule has 2 bridgehead atoms. The highest BCUT2D eigenvalue weighted by molar-refractivity contribution is 7.80. The summed E-state index contributed by atoms with van der Waals surface area (Å²) in [7, 11) is 0.